The van der Waals surface area contributed by atoms with E-state index in [1.54, 1.807) is 11.8 Å². The molecule has 4 rings (SSSR count). The Bertz CT molecular complexity index is 664. The lowest BCUT2D eigenvalue weighted by molar-refractivity contribution is 0.0878. The summed E-state index contributed by atoms with van der Waals surface area (Å²) in [7, 11) is 0. The molecular formula is C22H26O6S. The predicted octanol–water partition coefficient (Wildman–Crippen LogP) is 3.43. The first-order valence-corrected chi connectivity index (χ1v) is 10.7. The molecule has 0 aliphatic carbocycles. The van der Waals surface area contributed by atoms with Gasteiger partial charge >= 0.3 is 0 Å². The fraction of sp³-hybridized carbons (Fsp3) is 0.455. The van der Waals surface area contributed by atoms with Crippen molar-refractivity contribution in [2.45, 2.75) is 22.0 Å². The summed E-state index contributed by atoms with van der Waals surface area (Å²) in [5, 5.41) is 0. The smallest absolute Gasteiger partial charge is 0.119 e. The van der Waals surface area contributed by atoms with E-state index in [0.717, 1.165) is 34.5 Å². The van der Waals surface area contributed by atoms with E-state index in [9.17, 15) is 0 Å². The van der Waals surface area contributed by atoms with Crippen LogP contribution in [0.4, 0.5) is 0 Å². The van der Waals surface area contributed by atoms with E-state index in [-0.39, 0.29) is 0 Å². The van der Waals surface area contributed by atoms with Crippen LogP contribution in [0.3, 0.4) is 0 Å². The highest BCUT2D eigenvalue weighted by atomic mass is 32.2. The average molecular weight is 419 g/mol. The van der Waals surface area contributed by atoms with Crippen molar-refractivity contribution < 1.29 is 28.4 Å². The molecule has 6 nitrogen and oxygen atoms in total. The number of ether oxygens (including phenoxy) is 6. The Morgan fingerprint density at radius 1 is 0.655 bits per heavy atom. The number of epoxide rings is 2. The van der Waals surface area contributed by atoms with Crippen molar-refractivity contribution in [2.24, 2.45) is 0 Å². The van der Waals surface area contributed by atoms with Crippen molar-refractivity contribution in [1.29, 1.82) is 0 Å². The topological polar surface area (TPSA) is 62.0 Å². The fourth-order valence-electron chi connectivity index (χ4n) is 2.54. The first kappa shape index (κ1) is 20.5. The molecule has 2 aliphatic heterocycles. The van der Waals surface area contributed by atoms with E-state index in [1.165, 1.54) is 0 Å². The van der Waals surface area contributed by atoms with Crippen LogP contribution in [0.1, 0.15) is 0 Å². The predicted molar refractivity (Wildman–Crippen MR) is 109 cm³/mol. The SMILES string of the molecule is c1cc(Sc2ccc(OCCOCC3CO3)cc2)ccc1OCCOCC1CO1. The number of rotatable bonds is 14. The van der Waals surface area contributed by atoms with Crippen LogP contribution in [-0.4, -0.2) is 65.1 Å². The molecule has 2 atom stereocenters. The van der Waals surface area contributed by atoms with E-state index >= 15 is 0 Å². The van der Waals surface area contributed by atoms with E-state index in [0.29, 0.717) is 51.8 Å². The van der Waals surface area contributed by atoms with Gasteiger partial charge < -0.3 is 28.4 Å². The Morgan fingerprint density at radius 3 is 1.45 bits per heavy atom. The second kappa shape index (κ2) is 10.8. The zero-order valence-electron chi connectivity index (χ0n) is 16.3. The Hall–Kier alpha value is -1.77. The number of hydrogen-bond donors (Lipinski definition) is 0. The maximum atomic E-state index is 5.69. The summed E-state index contributed by atoms with van der Waals surface area (Å²) in [6, 6.07) is 16.2. The molecule has 2 aromatic rings. The molecule has 0 radical (unpaired) electrons. The van der Waals surface area contributed by atoms with Crippen LogP contribution in [0.5, 0.6) is 11.5 Å². The van der Waals surface area contributed by atoms with Gasteiger partial charge in [-0.05, 0) is 48.5 Å². The highest BCUT2D eigenvalue weighted by Crippen LogP contribution is 2.30. The highest BCUT2D eigenvalue weighted by molar-refractivity contribution is 7.99. The molecule has 2 unspecified atom stereocenters. The Balaban J connectivity index is 1.12. The van der Waals surface area contributed by atoms with Gasteiger partial charge in [-0.2, -0.15) is 0 Å². The van der Waals surface area contributed by atoms with Crippen LogP contribution < -0.4 is 9.47 Å². The van der Waals surface area contributed by atoms with Gasteiger partial charge in [-0.15, -0.1) is 0 Å². The normalized spacial score (nSPS) is 19.7. The molecule has 2 heterocycles. The van der Waals surface area contributed by atoms with Crippen molar-refractivity contribution in [2.75, 3.05) is 52.9 Å². The van der Waals surface area contributed by atoms with Gasteiger partial charge in [0.1, 0.15) is 36.9 Å². The molecule has 7 heteroatoms. The van der Waals surface area contributed by atoms with E-state index in [4.69, 9.17) is 28.4 Å². The lowest BCUT2D eigenvalue weighted by atomic mass is 10.3. The van der Waals surface area contributed by atoms with Crippen molar-refractivity contribution in [3.05, 3.63) is 48.5 Å². The monoisotopic (exact) mass is 418 g/mol. The first-order chi connectivity index (χ1) is 14.3. The zero-order valence-corrected chi connectivity index (χ0v) is 17.1. The third-order valence-electron chi connectivity index (χ3n) is 4.29. The number of hydrogen-bond acceptors (Lipinski definition) is 7. The zero-order chi connectivity index (χ0) is 19.7. The summed E-state index contributed by atoms with van der Waals surface area (Å²) < 4.78 is 32.5. The summed E-state index contributed by atoms with van der Waals surface area (Å²) in [6.07, 6.45) is 0.599. The largest absolute Gasteiger partial charge is 0.491 e. The van der Waals surface area contributed by atoms with Crippen molar-refractivity contribution >= 4 is 11.8 Å². The lowest BCUT2D eigenvalue weighted by Crippen LogP contribution is -2.10. The minimum absolute atomic E-state index is 0.299. The molecule has 2 aromatic carbocycles. The van der Waals surface area contributed by atoms with Gasteiger partial charge in [-0.3, -0.25) is 0 Å². The average Bonchev–Trinajstić information content (AvgIpc) is 3.66. The van der Waals surface area contributed by atoms with Crippen LogP contribution in [0.15, 0.2) is 58.3 Å². The van der Waals surface area contributed by atoms with Gasteiger partial charge in [0.2, 0.25) is 0 Å². The molecule has 0 saturated carbocycles. The Labute approximate surface area is 175 Å². The highest BCUT2D eigenvalue weighted by Gasteiger charge is 2.22. The van der Waals surface area contributed by atoms with Gasteiger partial charge in [0, 0.05) is 9.79 Å². The maximum absolute atomic E-state index is 5.69. The maximum Gasteiger partial charge on any atom is 0.119 e. The van der Waals surface area contributed by atoms with E-state index in [2.05, 4.69) is 24.3 Å². The van der Waals surface area contributed by atoms with Crippen LogP contribution in [-0.2, 0) is 18.9 Å². The Kier molecular flexibility index (Phi) is 7.67. The fourth-order valence-corrected chi connectivity index (χ4v) is 3.36. The summed E-state index contributed by atoms with van der Waals surface area (Å²) in [4.78, 5) is 2.31. The molecule has 0 aromatic heterocycles. The van der Waals surface area contributed by atoms with Gasteiger partial charge in [0.05, 0.1) is 39.6 Å². The van der Waals surface area contributed by atoms with Gasteiger partial charge in [0.15, 0.2) is 0 Å². The summed E-state index contributed by atoms with van der Waals surface area (Å²) >= 11 is 1.70. The molecule has 0 N–H and O–H groups in total. The molecule has 0 spiro atoms. The van der Waals surface area contributed by atoms with Gasteiger partial charge in [0.25, 0.3) is 0 Å². The minimum atomic E-state index is 0.299. The van der Waals surface area contributed by atoms with Crippen LogP contribution in [0.25, 0.3) is 0 Å². The van der Waals surface area contributed by atoms with Crippen molar-refractivity contribution in [3.63, 3.8) is 0 Å². The molecular weight excluding hydrogens is 392 g/mol. The Morgan fingerprint density at radius 2 is 1.07 bits per heavy atom. The van der Waals surface area contributed by atoms with Crippen LogP contribution >= 0.6 is 11.8 Å². The molecule has 2 saturated heterocycles. The second-order valence-electron chi connectivity index (χ2n) is 6.80. The molecule has 0 amide bonds. The third-order valence-corrected chi connectivity index (χ3v) is 5.30. The van der Waals surface area contributed by atoms with Crippen molar-refractivity contribution in [1.82, 2.24) is 0 Å². The third kappa shape index (κ3) is 7.87. The lowest BCUT2D eigenvalue weighted by Gasteiger charge is -2.09. The first-order valence-electron chi connectivity index (χ1n) is 9.87. The summed E-state index contributed by atoms with van der Waals surface area (Å²) in [5.74, 6) is 1.69. The molecule has 2 aliphatic rings. The second-order valence-corrected chi connectivity index (χ2v) is 7.95. The number of benzene rings is 2. The molecule has 2 fully saturated rings. The summed E-state index contributed by atoms with van der Waals surface area (Å²) in [5.41, 5.74) is 0. The van der Waals surface area contributed by atoms with Gasteiger partial charge in [-0.25, -0.2) is 0 Å². The standard InChI is InChI=1S/C22H26O6S/c1-5-21(6-2-17(1)25-11-9-23-13-19-15-27-19)29-22-7-3-18(4-8-22)26-12-10-24-14-20-16-28-20/h1-8,19-20H,9-16H2. The quantitative estimate of drug-likeness (QED) is 0.344. The minimum Gasteiger partial charge on any atom is -0.491 e. The van der Waals surface area contributed by atoms with Crippen LogP contribution in [0, 0.1) is 0 Å². The van der Waals surface area contributed by atoms with E-state index < -0.39 is 0 Å². The van der Waals surface area contributed by atoms with E-state index in [1.807, 2.05) is 24.3 Å². The molecule has 156 valence electrons. The molecule has 0 bridgehead atoms. The van der Waals surface area contributed by atoms with Crippen molar-refractivity contribution in [3.8, 4) is 11.5 Å². The van der Waals surface area contributed by atoms with Crippen LogP contribution in [0.2, 0.25) is 0 Å². The summed E-state index contributed by atoms with van der Waals surface area (Å²) in [6.45, 7) is 5.19. The van der Waals surface area contributed by atoms with Gasteiger partial charge in [-0.1, -0.05) is 11.8 Å². The molecule has 29 heavy (non-hydrogen) atoms.